The van der Waals surface area contributed by atoms with Crippen LogP contribution in [0, 0.1) is 10.1 Å². The van der Waals surface area contributed by atoms with Gasteiger partial charge in [-0.3, -0.25) is 10.1 Å². The number of fused-ring (bicyclic) bond motifs is 6. The number of nitro benzene ring substituents is 1. The zero-order valence-electron chi connectivity index (χ0n) is 46.1. The topological polar surface area (TPSA) is 133 Å². The van der Waals surface area contributed by atoms with Crippen LogP contribution in [0.25, 0.3) is 33.0 Å². The third-order valence-electron chi connectivity index (χ3n) is 14.4. The van der Waals surface area contributed by atoms with Crippen molar-refractivity contribution in [3.8, 4) is 39.5 Å². The Morgan fingerprint density at radius 1 is 0.548 bits per heavy atom. The number of hydrogen-bond acceptors (Lipinski definition) is 10. The minimum Gasteiger partial charge on any atom is -0.494 e. The summed E-state index contributed by atoms with van der Waals surface area (Å²) in [7, 11) is -3.54. The highest BCUT2D eigenvalue weighted by Gasteiger charge is 2.37. The van der Waals surface area contributed by atoms with Crippen LogP contribution in [0.2, 0.25) is 38.3 Å². The van der Waals surface area contributed by atoms with E-state index in [1.54, 1.807) is 48.5 Å². The SMILES string of the molecule is CCCCCCCCCCCCOc1ccc(C(=O)OOC(=O)c2ccc(OCCCCCCCCCCCC)c3c2-c2c-3ccc3c([N+](=O)[O-])c(O[C@H](C)CCC[C@@H](C)[Si](C)(C)O[Si](C)(C)C)ccc23)cc1. The Bertz CT molecular complexity index is 2360. The molecule has 0 spiro atoms. The molecule has 13 heteroatoms. The average molecular weight is 1040 g/mol. The van der Waals surface area contributed by atoms with Gasteiger partial charge in [-0.2, -0.15) is 0 Å². The second-order valence-corrected chi connectivity index (χ2v) is 31.3. The lowest BCUT2D eigenvalue weighted by Crippen LogP contribution is -2.45. The molecule has 0 N–H and O–H groups in total. The fraction of sp³-hybridized carbons (Fsp3) is 0.600. The Hall–Kier alpha value is -4.73. The highest BCUT2D eigenvalue weighted by Crippen LogP contribution is 2.57. The molecule has 0 unspecified atom stereocenters. The first-order valence-electron chi connectivity index (χ1n) is 28.1. The molecule has 402 valence electrons. The van der Waals surface area contributed by atoms with Crippen LogP contribution in [0.15, 0.2) is 60.7 Å². The molecule has 5 rings (SSSR count). The summed E-state index contributed by atoms with van der Waals surface area (Å²) in [6.07, 6.45) is 26.9. The molecule has 0 radical (unpaired) electrons. The number of carbonyl (C=O) groups is 2. The summed E-state index contributed by atoms with van der Waals surface area (Å²) >= 11 is 0. The van der Waals surface area contributed by atoms with Crippen LogP contribution in [0.5, 0.6) is 17.2 Å². The van der Waals surface area contributed by atoms with Crippen LogP contribution < -0.4 is 14.2 Å². The van der Waals surface area contributed by atoms with Gasteiger partial charge in [-0.1, -0.05) is 149 Å². The first-order valence-corrected chi connectivity index (χ1v) is 34.5. The van der Waals surface area contributed by atoms with Crippen LogP contribution in [0.1, 0.15) is 196 Å². The van der Waals surface area contributed by atoms with E-state index in [-0.39, 0.29) is 28.7 Å². The lowest BCUT2D eigenvalue weighted by atomic mass is 9.74. The predicted octanol–water partition coefficient (Wildman–Crippen LogP) is 18.3. The average Bonchev–Trinajstić information content (AvgIpc) is 3.34. The summed E-state index contributed by atoms with van der Waals surface area (Å²) < 4.78 is 25.3. The van der Waals surface area contributed by atoms with E-state index in [9.17, 15) is 19.7 Å². The molecule has 4 aromatic carbocycles. The highest BCUT2D eigenvalue weighted by molar-refractivity contribution is 6.84. The highest BCUT2D eigenvalue weighted by atomic mass is 28.4. The number of rotatable bonds is 36. The standard InChI is InChI=1S/C60H89NO10Si2/c1-10-12-14-16-18-20-22-24-26-28-43-66-48-35-33-47(34-36-48)59(62)69-70-60(63)52-40-41-53(67-44-29-27-25-23-21-19-17-15-13-11-2)56-51-38-37-50-49(55(51)57(52)56)39-42-54(58(50)61(64)65)68-45(3)31-30-32-46(4)73(8,9)71-72(5,6)7/h33-42,45-46H,10-32,43-44H2,1-9H3/t45-,46-/m1/s1. The summed E-state index contributed by atoms with van der Waals surface area (Å²) in [4.78, 5) is 50.0. The molecule has 2 atom stereocenters. The summed E-state index contributed by atoms with van der Waals surface area (Å²) in [5.41, 5.74) is 3.39. The largest absolute Gasteiger partial charge is 0.494 e. The Morgan fingerprint density at radius 2 is 1.07 bits per heavy atom. The fourth-order valence-electron chi connectivity index (χ4n) is 10.1. The van der Waals surface area contributed by atoms with Gasteiger partial charge in [0, 0.05) is 11.1 Å². The van der Waals surface area contributed by atoms with E-state index in [1.165, 1.54) is 96.3 Å². The van der Waals surface area contributed by atoms with E-state index in [0.717, 1.165) is 56.9 Å². The number of hydrogen-bond donors (Lipinski definition) is 0. The molecule has 0 fully saturated rings. The normalized spacial score (nSPS) is 12.9. The lowest BCUT2D eigenvalue weighted by molar-refractivity contribution is -0.384. The minimum atomic E-state index is -1.87. The van der Waals surface area contributed by atoms with Crippen LogP contribution >= 0.6 is 0 Å². The smallest absolute Gasteiger partial charge is 0.386 e. The summed E-state index contributed by atoms with van der Waals surface area (Å²) in [6.45, 7) is 21.1. The minimum absolute atomic E-state index is 0.132. The van der Waals surface area contributed by atoms with Gasteiger partial charge < -0.3 is 18.3 Å². The molecule has 4 aromatic rings. The molecule has 73 heavy (non-hydrogen) atoms. The van der Waals surface area contributed by atoms with Crippen molar-refractivity contribution in [2.75, 3.05) is 13.2 Å². The van der Waals surface area contributed by atoms with E-state index in [0.29, 0.717) is 57.7 Å². The summed E-state index contributed by atoms with van der Waals surface area (Å²) in [5, 5.41) is 13.9. The number of ether oxygens (including phenoxy) is 3. The van der Waals surface area contributed by atoms with Crippen molar-refractivity contribution in [2.24, 2.45) is 0 Å². The Kier molecular flexibility index (Phi) is 24.3. The molecule has 0 heterocycles. The maximum atomic E-state index is 13.9. The van der Waals surface area contributed by atoms with Gasteiger partial charge in [0.1, 0.15) is 11.5 Å². The molecule has 11 nitrogen and oxygen atoms in total. The Morgan fingerprint density at radius 3 is 1.63 bits per heavy atom. The first kappa shape index (κ1) is 59.2. The van der Waals surface area contributed by atoms with Crippen molar-refractivity contribution < 1.29 is 42.6 Å². The van der Waals surface area contributed by atoms with Crippen molar-refractivity contribution in [2.45, 2.75) is 220 Å². The molecular formula is C60H89NO10Si2. The number of benzene rings is 4. The predicted molar refractivity (Wildman–Crippen MR) is 302 cm³/mol. The number of unbranched alkanes of at least 4 members (excludes halogenated alkanes) is 18. The van der Waals surface area contributed by atoms with E-state index in [1.807, 2.05) is 19.1 Å². The van der Waals surface area contributed by atoms with E-state index >= 15 is 0 Å². The number of nitro groups is 1. The van der Waals surface area contributed by atoms with Crippen molar-refractivity contribution in [3.05, 3.63) is 81.9 Å². The van der Waals surface area contributed by atoms with Crippen molar-refractivity contribution in [3.63, 3.8) is 0 Å². The van der Waals surface area contributed by atoms with Crippen molar-refractivity contribution in [1.82, 2.24) is 0 Å². The van der Waals surface area contributed by atoms with Crippen LogP contribution in [-0.2, 0) is 13.9 Å². The van der Waals surface area contributed by atoms with E-state index in [4.69, 9.17) is 28.1 Å². The molecule has 1 aliphatic carbocycles. The molecule has 0 saturated carbocycles. The zero-order chi connectivity index (χ0) is 52.8. The van der Waals surface area contributed by atoms with Crippen molar-refractivity contribution in [1.29, 1.82) is 0 Å². The van der Waals surface area contributed by atoms with Gasteiger partial charge in [0.05, 0.1) is 40.8 Å². The monoisotopic (exact) mass is 1040 g/mol. The third kappa shape index (κ3) is 18.3. The van der Waals surface area contributed by atoms with E-state index < -0.39 is 33.5 Å². The van der Waals surface area contributed by atoms with Gasteiger partial charge in [0.2, 0.25) is 0 Å². The number of nitrogens with zero attached hydrogens (tertiary/aromatic N) is 1. The fourth-order valence-corrected chi connectivity index (χ4v) is 18.1. The molecule has 1 aliphatic rings. The van der Waals surface area contributed by atoms with Gasteiger partial charge in [-0.15, -0.1) is 0 Å². The second kappa shape index (κ2) is 30.0. The second-order valence-electron chi connectivity index (χ2n) is 22.0. The van der Waals surface area contributed by atoms with Gasteiger partial charge in [-0.25, -0.2) is 19.4 Å². The van der Waals surface area contributed by atoms with Crippen LogP contribution in [0.3, 0.4) is 0 Å². The van der Waals surface area contributed by atoms with Gasteiger partial charge in [-0.05, 0) is 142 Å². The van der Waals surface area contributed by atoms with Crippen LogP contribution in [0.4, 0.5) is 5.69 Å². The first-order chi connectivity index (χ1) is 35.1. The van der Waals surface area contributed by atoms with Gasteiger partial charge >= 0.3 is 17.6 Å². The summed E-state index contributed by atoms with van der Waals surface area (Å²) in [6, 6.07) is 17.0. The molecule has 0 bridgehead atoms. The Balaban J connectivity index is 1.26. The summed E-state index contributed by atoms with van der Waals surface area (Å²) in [5.74, 6) is -0.251. The quantitative estimate of drug-likeness (QED) is 0.0126. The van der Waals surface area contributed by atoms with Gasteiger partial charge in [0.25, 0.3) is 0 Å². The molecular weight excluding hydrogens is 951 g/mol. The maximum absolute atomic E-state index is 13.9. The van der Waals surface area contributed by atoms with Gasteiger partial charge in [0.15, 0.2) is 22.4 Å². The Labute approximate surface area is 440 Å². The molecule has 0 amide bonds. The van der Waals surface area contributed by atoms with E-state index in [2.05, 4.69) is 53.5 Å². The third-order valence-corrected chi connectivity index (χ3v) is 21.6. The number of carbonyl (C=O) groups excluding carboxylic acids is 2. The molecule has 0 aliphatic heterocycles. The molecule has 0 aromatic heterocycles. The lowest BCUT2D eigenvalue weighted by Gasteiger charge is -2.36. The zero-order valence-corrected chi connectivity index (χ0v) is 48.1. The molecule has 0 saturated heterocycles. The van der Waals surface area contributed by atoms with Crippen molar-refractivity contribution >= 4 is 45.0 Å². The van der Waals surface area contributed by atoms with Crippen LogP contribution in [-0.4, -0.2) is 52.8 Å². The maximum Gasteiger partial charge on any atom is 0.386 e.